The van der Waals surface area contributed by atoms with Crippen LogP contribution in [0.15, 0.2) is 16.6 Å². The molecule has 0 saturated heterocycles. The molecular formula is C12H17BrN2O3. The highest BCUT2D eigenvalue weighted by Gasteiger charge is 2.17. The number of benzene rings is 1. The minimum absolute atomic E-state index is 0.170. The van der Waals surface area contributed by atoms with E-state index in [2.05, 4.69) is 21.2 Å². The van der Waals surface area contributed by atoms with Gasteiger partial charge in [-0.3, -0.25) is 4.79 Å². The molecule has 6 heteroatoms. The van der Waals surface area contributed by atoms with Gasteiger partial charge in [-0.05, 0) is 24.6 Å². The van der Waals surface area contributed by atoms with E-state index in [9.17, 15) is 4.79 Å². The number of halogens is 1. The molecule has 18 heavy (non-hydrogen) atoms. The minimum Gasteiger partial charge on any atom is -0.495 e. The summed E-state index contributed by atoms with van der Waals surface area (Å²) >= 11 is 3.37. The number of hydrogen-bond acceptors (Lipinski definition) is 4. The van der Waals surface area contributed by atoms with E-state index in [1.807, 2.05) is 13.0 Å². The molecule has 0 heterocycles. The van der Waals surface area contributed by atoms with E-state index in [-0.39, 0.29) is 12.5 Å². The molecule has 3 N–H and O–H groups in total. The first kappa shape index (κ1) is 14.9. The number of nitrogens with one attached hydrogen (secondary N) is 1. The van der Waals surface area contributed by atoms with Gasteiger partial charge in [0.15, 0.2) is 0 Å². The van der Waals surface area contributed by atoms with Gasteiger partial charge in [0.05, 0.1) is 19.4 Å². The van der Waals surface area contributed by atoms with Gasteiger partial charge in [0.2, 0.25) is 5.91 Å². The molecule has 1 rings (SSSR count). The Kier molecular flexibility index (Phi) is 5.58. The first-order chi connectivity index (χ1) is 8.49. The summed E-state index contributed by atoms with van der Waals surface area (Å²) in [5.41, 5.74) is 7.17. The number of amides is 1. The molecule has 0 saturated carbocycles. The lowest BCUT2D eigenvalue weighted by molar-refractivity contribution is -0.118. The van der Waals surface area contributed by atoms with Crippen LogP contribution in [-0.2, 0) is 9.53 Å². The number of aryl methyl sites for hydroxylation is 1. The van der Waals surface area contributed by atoms with E-state index >= 15 is 0 Å². The maximum Gasteiger partial charge on any atom is 0.243 e. The van der Waals surface area contributed by atoms with E-state index in [4.69, 9.17) is 15.2 Å². The third-order valence-corrected chi connectivity index (χ3v) is 2.87. The lowest BCUT2D eigenvalue weighted by Gasteiger charge is -2.16. The Balaban J connectivity index is 2.93. The first-order valence-electron chi connectivity index (χ1n) is 5.39. The SMILES string of the molecule is COCC(N)C(=O)Nc1c(C)cc(Br)cc1OC. The zero-order valence-corrected chi connectivity index (χ0v) is 12.2. The second-order valence-corrected chi connectivity index (χ2v) is 4.77. The quantitative estimate of drug-likeness (QED) is 0.866. The topological polar surface area (TPSA) is 73.6 Å². The fourth-order valence-corrected chi connectivity index (χ4v) is 2.06. The summed E-state index contributed by atoms with van der Waals surface area (Å²) in [5, 5.41) is 2.75. The summed E-state index contributed by atoms with van der Waals surface area (Å²) in [7, 11) is 3.05. The molecule has 0 aliphatic rings. The molecule has 5 nitrogen and oxygen atoms in total. The largest absolute Gasteiger partial charge is 0.495 e. The molecule has 0 aromatic heterocycles. The van der Waals surface area contributed by atoms with Crippen molar-refractivity contribution >= 4 is 27.5 Å². The van der Waals surface area contributed by atoms with Gasteiger partial charge in [-0.25, -0.2) is 0 Å². The normalized spacial score (nSPS) is 12.1. The predicted octanol–water partition coefficient (Wildman–Crippen LogP) is 1.68. The van der Waals surface area contributed by atoms with Crippen LogP contribution in [0, 0.1) is 6.92 Å². The lowest BCUT2D eigenvalue weighted by Crippen LogP contribution is -2.39. The van der Waals surface area contributed by atoms with Gasteiger partial charge in [0, 0.05) is 11.6 Å². The van der Waals surface area contributed by atoms with E-state index in [1.165, 1.54) is 7.11 Å². The number of rotatable bonds is 5. The third-order valence-electron chi connectivity index (χ3n) is 2.42. The van der Waals surface area contributed by atoms with Gasteiger partial charge < -0.3 is 20.5 Å². The van der Waals surface area contributed by atoms with Gasteiger partial charge >= 0.3 is 0 Å². The van der Waals surface area contributed by atoms with Crippen LogP contribution in [0.25, 0.3) is 0 Å². The molecule has 0 bridgehead atoms. The average Bonchev–Trinajstić information content (AvgIpc) is 2.32. The van der Waals surface area contributed by atoms with Crippen LogP contribution in [0.3, 0.4) is 0 Å². The molecule has 0 spiro atoms. The highest BCUT2D eigenvalue weighted by Crippen LogP contribution is 2.32. The van der Waals surface area contributed by atoms with Gasteiger partial charge in [0.1, 0.15) is 11.8 Å². The van der Waals surface area contributed by atoms with Crippen LogP contribution in [0.4, 0.5) is 5.69 Å². The summed E-state index contributed by atoms with van der Waals surface area (Å²) in [4.78, 5) is 11.8. The predicted molar refractivity (Wildman–Crippen MR) is 73.9 cm³/mol. The molecule has 1 aromatic rings. The van der Waals surface area contributed by atoms with E-state index < -0.39 is 6.04 Å². The molecule has 0 aliphatic carbocycles. The summed E-state index contributed by atoms with van der Waals surface area (Å²) in [6.45, 7) is 2.05. The highest BCUT2D eigenvalue weighted by atomic mass is 79.9. The van der Waals surface area contributed by atoms with Crippen molar-refractivity contribution in [1.82, 2.24) is 0 Å². The number of anilines is 1. The first-order valence-corrected chi connectivity index (χ1v) is 6.18. The van der Waals surface area contributed by atoms with Crippen molar-refractivity contribution < 1.29 is 14.3 Å². The zero-order valence-electron chi connectivity index (χ0n) is 10.6. The number of carbonyl (C=O) groups excluding carboxylic acids is 1. The highest BCUT2D eigenvalue weighted by molar-refractivity contribution is 9.10. The standard InChI is InChI=1S/C12H17BrN2O3/c1-7-4-8(13)5-10(18-3)11(7)15-12(16)9(14)6-17-2/h4-5,9H,6,14H2,1-3H3,(H,15,16). The van der Waals surface area contributed by atoms with Crippen molar-refractivity contribution in [3.8, 4) is 5.75 Å². The monoisotopic (exact) mass is 316 g/mol. The van der Waals surface area contributed by atoms with Gasteiger partial charge in [-0.1, -0.05) is 15.9 Å². The molecule has 100 valence electrons. The van der Waals surface area contributed by atoms with Gasteiger partial charge in [-0.2, -0.15) is 0 Å². The maximum absolute atomic E-state index is 11.8. The Morgan fingerprint density at radius 2 is 2.17 bits per heavy atom. The Labute approximate surface area is 115 Å². The Morgan fingerprint density at radius 3 is 2.72 bits per heavy atom. The van der Waals surface area contributed by atoms with Crippen LogP contribution < -0.4 is 15.8 Å². The van der Waals surface area contributed by atoms with Crippen molar-refractivity contribution in [2.24, 2.45) is 5.73 Å². The van der Waals surface area contributed by atoms with Crippen LogP contribution in [0.5, 0.6) is 5.75 Å². The van der Waals surface area contributed by atoms with Crippen LogP contribution in [0.1, 0.15) is 5.56 Å². The van der Waals surface area contributed by atoms with E-state index in [0.717, 1.165) is 10.0 Å². The molecule has 1 unspecified atom stereocenters. The van der Waals surface area contributed by atoms with Crippen molar-refractivity contribution in [3.05, 3.63) is 22.2 Å². The van der Waals surface area contributed by atoms with Gasteiger partial charge in [-0.15, -0.1) is 0 Å². The number of carbonyl (C=O) groups is 1. The van der Waals surface area contributed by atoms with Crippen molar-refractivity contribution in [2.45, 2.75) is 13.0 Å². The molecule has 1 atom stereocenters. The molecule has 0 aliphatic heterocycles. The molecule has 1 amide bonds. The van der Waals surface area contributed by atoms with E-state index in [0.29, 0.717) is 11.4 Å². The molecule has 0 fully saturated rings. The zero-order chi connectivity index (χ0) is 13.7. The molecule has 0 radical (unpaired) electrons. The van der Waals surface area contributed by atoms with E-state index in [1.54, 1.807) is 13.2 Å². The minimum atomic E-state index is -0.706. The average molecular weight is 317 g/mol. The number of nitrogens with two attached hydrogens (primary N) is 1. The second-order valence-electron chi connectivity index (χ2n) is 3.85. The summed E-state index contributed by atoms with van der Waals surface area (Å²) in [6.07, 6.45) is 0. The Morgan fingerprint density at radius 1 is 1.50 bits per heavy atom. The van der Waals surface area contributed by atoms with Crippen molar-refractivity contribution in [3.63, 3.8) is 0 Å². The van der Waals surface area contributed by atoms with Gasteiger partial charge in [0.25, 0.3) is 0 Å². The molecule has 1 aromatic carbocycles. The van der Waals surface area contributed by atoms with Crippen LogP contribution >= 0.6 is 15.9 Å². The maximum atomic E-state index is 11.8. The smallest absolute Gasteiger partial charge is 0.243 e. The third kappa shape index (κ3) is 3.69. The van der Waals surface area contributed by atoms with Crippen molar-refractivity contribution in [1.29, 1.82) is 0 Å². The Bertz CT molecular complexity index is 438. The van der Waals surface area contributed by atoms with Crippen molar-refractivity contribution in [2.75, 3.05) is 26.1 Å². The van der Waals surface area contributed by atoms with Crippen LogP contribution in [0.2, 0.25) is 0 Å². The van der Waals surface area contributed by atoms with Crippen LogP contribution in [-0.4, -0.2) is 32.8 Å². The second kappa shape index (κ2) is 6.72. The summed E-state index contributed by atoms with van der Waals surface area (Å²) in [6, 6.07) is 2.97. The fraction of sp³-hybridized carbons (Fsp3) is 0.417. The number of ether oxygens (including phenoxy) is 2. The number of methoxy groups -OCH3 is 2. The lowest BCUT2D eigenvalue weighted by atomic mass is 10.1. The molecular weight excluding hydrogens is 300 g/mol. The summed E-state index contributed by atoms with van der Waals surface area (Å²) in [5.74, 6) is 0.278. The summed E-state index contributed by atoms with van der Waals surface area (Å²) < 4.78 is 11.0. The number of hydrogen-bond donors (Lipinski definition) is 2. The fourth-order valence-electron chi connectivity index (χ4n) is 1.50. The Hall–Kier alpha value is -1.11.